The topological polar surface area (TPSA) is 28.2 Å². The van der Waals surface area contributed by atoms with Crippen molar-refractivity contribution < 1.29 is 0 Å². The third-order valence-electron chi connectivity index (χ3n) is 4.53. The van der Waals surface area contributed by atoms with Gasteiger partial charge in [-0.1, -0.05) is 56.8 Å². The number of benzene rings is 1. The van der Waals surface area contributed by atoms with E-state index in [-0.39, 0.29) is 5.54 Å². The molecule has 1 atom stereocenters. The molecular weight excluding hydrogens is 306 g/mol. The van der Waals surface area contributed by atoms with Crippen molar-refractivity contribution in [1.29, 1.82) is 0 Å². The van der Waals surface area contributed by atoms with Crippen LogP contribution in [0.3, 0.4) is 0 Å². The zero-order valence-electron chi connectivity index (χ0n) is 16.1. The molecule has 0 amide bonds. The Kier molecular flexibility index (Phi) is 5.68. The lowest BCUT2D eigenvalue weighted by molar-refractivity contribution is 0.263. The van der Waals surface area contributed by atoms with Crippen LogP contribution in [0.15, 0.2) is 67.3 Å². The molecule has 0 bridgehead atoms. The van der Waals surface area contributed by atoms with Crippen molar-refractivity contribution in [3.63, 3.8) is 0 Å². The monoisotopic (exact) mass is 335 g/mol. The van der Waals surface area contributed by atoms with Crippen LogP contribution in [0.25, 0.3) is 11.1 Å². The number of nitrogens with one attached hydrogen (secondary N) is 1. The molecule has 3 nitrogen and oxygen atoms in total. The fraction of sp³-hybridized carbons (Fsp3) is 0.318. The van der Waals surface area contributed by atoms with Gasteiger partial charge in [0.25, 0.3) is 0 Å². The standard InChI is InChI=1S/C20H23N3.C2H6/c1-14-7-6-8-17(11-14)18-9-10-21-19(12-18)20(4)13-15(2)23(5)16(3)22-20;1-2/h6-12,22H,2-3,13H2,1,4-5H3;1-2H3/t20-;/m0./s1. The van der Waals surface area contributed by atoms with Crippen molar-refractivity contribution >= 4 is 0 Å². The van der Waals surface area contributed by atoms with Crippen molar-refractivity contribution in [2.75, 3.05) is 7.05 Å². The predicted molar refractivity (Wildman–Crippen MR) is 107 cm³/mol. The summed E-state index contributed by atoms with van der Waals surface area (Å²) in [5.41, 5.74) is 5.40. The number of pyridine rings is 1. The maximum Gasteiger partial charge on any atom is 0.0986 e. The normalized spacial score (nSPS) is 19.8. The minimum atomic E-state index is -0.291. The van der Waals surface area contributed by atoms with Crippen LogP contribution >= 0.6 is 0 Å². The molecule has 25 heavy (non-hydrogen) atoms. The number of nitrogens with zero attached hydrogens (tertiary/aromatic N) is 2. The molecule has 1 fully saturated rings. The molecule has 132 valence electrons. The average Bonchev–Trinajstić information content (AvgIpc) is 2.61. The Morgan fingerprint density at radius 3 is 2.44 bits per heavy atom. The van der Waals surface area contributed by atoms with Crippen LogP contribution in [0.5, 0.6) is 0 Å². The van der Waals surface area contributed by atoms with Crippen molar-refractivity contribution in [2.24, 2.45) is 0 Å². The summed E-state index contributed by atoms with van der Waals surface area (Å²) in [6.07, 6.45) is 2.68. The maximum absolute atomic E-state index is 4.61. The number of aryl methyl sites for hydroxylation is 1. The molecule has 1 aromatic carbocycles. The van der Waals surface area contributed by atoms with Crippen molar-refractivity contribution in [3.8, 4) is 11.1 Å². The molecule has 1 aliphatic heterocycles. The van der Waals surface area contributed by atoms with Gasteiger partial charge in [-0.25, -0.2) is 0 Å². The molecule has 2 aromatic rings. The molecule has 1 saturated heterocycles. The summed E-state index contributed by atoms with van der Waals surface area (Å²) in [5.74, 6) is 0.853. The molecule has 0 unspecified atom stereocenters. The van der Waals surface area contributed by atoms with Gasteiger partial charge >= 0.3 is 0 Å². The average molecular weight is 335 g/mol. The smallest absolute Gasteiger partial charge is 0.0986 e. The highest BCUT2D eigenvalue weighted by Gasteiger charge is 2.35. The lowest BCUT2D eigenvalue weighted by Crippen LogP contribution is -2.49. The van der Waals surface area contributed by atoms with E-state index < -0.39 is 0 Å². The fourth-order valence-corrected chi connectivity index (χ4v) is 3.06. The van der Waals surface area contributed by atoms with Crippen LogP contribution in [0.2, 0.25) is 0 Å². The molecule has 1 aromatic heterocycles. The number of hydrogen-bond donors (Lipinski definition) is 1. The van der Waals surface area contributed by atoms with E-state index in [1.165, 1.54) is 16.7 Å². The molecule has 3 rings (SSSR count). The zero-order chi connectivity index (χ0) is 18.6. The summed E-state index contributed by atoms with van der Waals surface area (Å²) in [7, 11) is 1.98. The molecule has 2 heterocycles. The Hall–Kier alpha value is -2.55. The Bertz CT molecular complexity index is 758. The van der Waals surface area contributed by atoms with Crippen LogP contribution in [-0.4, -0.2) is 16.9 Å². The van der Waals surface area contributed by atoms with E-state index >= 15 is 0 Å². The fourth-order valence-electron chi connectivity index (χ4n) is 3.06. The minimum Gasteiger partial charge on any atom is -0.361 e. The van der Waals surface area contributed by atoms with Crippen LogP contribution in [0, 0.1) is 6.92 Å². The Morgan fingerprint density at radius 1 is 1.12 bits per heavy atom. The number of hydrogen-bond acceptors (Lipinski definition) is 3. The van der Waals surface area contributed by atoms with E-state index in [0.717, 1.165) is 23.6 Å². The summed E-state index contributed by atoms with van der Waals surface area (Å²) < 4.78 is 0. The highest BCUT2D eigenvalue weighted by atomic mass is 15.3. The first-order valence-electron chi connectivity index (χ1n) is 8.81. The van der Waals surface area contributed by atoms with Gasteiger partial charge in [0, 0.05) is 25.4 Å². The largest absolute Gasteiger partial charge is 0.361 e. The Labute approximate surface area is 152 Å². The van der Waals surface area contributed by atoms with Crippen LogP contribution in [0.1, 0.15) is 38.4 Å². The van der Waals surface area contributed by atoms with E-state index in [4.69, 9.17) is 0 Å². The number of aromatic nitrogens is 1. The molecule has 1 N–H and O–H groups in total. The highest BCUT2D eigenvalue weighted by Crippen LogP contribution is 2.35. The maximum atomic E-state index is 4.61. The summed E-state index contributed by atoms with van der Waals surface area (Å²) in [6.45, 7) is 16.5. The van der Waals surface area contributed by atoms with E-state index in [1.54, 1.807) is 0 Å². The van der Waals surface area contributed by atoms with E-state index in [2.05, 4.69) is 73.7 Å². The zero-order valence-corrected chi connectivity index (χ0v) is 16.1. The first kappa shape index (κ1) is 18.8. The molecule has 0 aliphatic carbocycles. The van der Waals surface area contributed by atoms with Crippen molar-refractivity contribution in [1.82, 2.24) is 15.2 Å². The minimum absolute atomic E-state index is 0.291. The second kappa shape index (κ2) is 7.56. The van der Waals surface area contributed by atoms with Gasteiger partial charge in [0.05, 0.1) is 17.1 Å². The van der Waals surface area contributed by atoms with Gasteiger partial charge in [-0.3, -0.25) is 4.98 Å². The first-order valence-corrected chi connectivity index (χ1v) is 8.81. The van der Waals surface area contributed by atoms with E-state index in [9.17, 15) is 0 Å². The molecule has 0 spiro atoms. The Morgan fingerprint density at radius 2 is 1.80 bits per heavy atom. The second-order valence-corrected chi connectivity index (χ2v) is 6.51. The predicted octanol–water partition coefficient (Wildman–Crippen LogP) is 5.21. The Balaban J connectivity index is 0.00000109. The van der Waals surface area contributed by atoms with Gasteiger partial charge < -0.3 is 10.2 Å². The van der Waals surface area contributed by atoms with Crippen molar-refractivity contribution in [2.45, 2.75) is 39.7 Å². The van der Waals surface area contributed by atoms with E-state index in [1.807, 2.05) is 32.0 Å². The van der Waals surface area contributed by atoms with Crippen LogP contribution in [-0.2, 0) is 5.54 Å². The molecule has 0 saturated carbocycles. The SMILES string of the molecule is C=C1C[C@@](C)(c2cc(-c3cccc(C)c3)ccn2)NC(=C)N1C.CC. The van der Waals surface area contributed by atoms with Crippen molar-refractivity contribution in [3.05, 3.63) is 78.5 Å². The highest BCUT2D eigenvalue weighted by molar-refractivity contribution is 5.64. The van der Waals surface area contributed by atoms with Gasteiger partial charge in [-0.15, -0.1) is 0 Å². The summed E-state index contributed by atoms with van der Waals surface area (Å²) in [5, 5.41) is 3.49. The van der Waals surface area contributed by atoms with Gasteiger partial charge in [-0.2, -0.15) is 0 Å². The van der Waals surface area contributed by atoms with E-state index in [0.29, 0.717) is 0 Å². The van der Waals surface area contributed by atoms with Gasteiger partial charge in [0.15, 0.2) is 0 Å². The van der Waals surface area contributed by atoms with Crippen LogP contribution in [0.4, 0.5) is 0 Å². The second-order valence-electron chi connectivity index (χ2n) is 6.51. The lowest BCUT2D eigenvalue weighted by Gasteiger charge is -2.42. The summed E-state index contributed by atoms with van der Waals surface area (Å²) in [6, 6.07) is 12.7. The molecule has 3 heteroatoms. The van der Waals surface area contributed by atoms with Gasteiger partial charge in [-0.05, 0) is 37.1 Å². The van der Waals surface area contributed by atoms with Gasteiger partial charge in [0.1, 0.15) is 0 Å². The quantitative estimate of drug-likeness (QED) is 0.816. The third-order valence-corrected chi connectivity index (χ3v) is 4.53. The number of rotatable bonds is 2. The third kappa shape index (κ3) is 3.93. The molecule has 0 radical (unpaired) electrons. The van der Waals surface area contributed by atoms with Crippen LogP contribution < -0.4 is 5.32 Å². The van der Waals surface area contributed by atoms with Gasteiger partial charge in [0.2, 0.25) is 0 Å². The molecular formula is C22H29N3. The summed E-state index contributed by atoms with van der Waals surface area (Å²) >= 11 is 0. The first-order chi connectivity index (χ1) is 11.9. The lowest BCUT2D eigenvalue weighted by atomic mass is 9.88. The molecule has 1 aliphatic rings. The summed E-state index contributed by atoms with van der Waals surface area (Å²) in [4.78, 5) is 6.61.